The Bertz CT molecular complexity index is 838. The number of pyridine rings is 1. The smallest absolute Gasteiger partial charge is 0.200 e. The van der Waals surface area contributed by atoms with E-state index in [1.807, 2.05) is 0 Å². The van der Waals surface area contributed by atoms with E-state index in [9.17, 15) is 18.0 Å². The molecule has 0 saturated heterocycles. The second-order valence-electron chi connectivity index (χ2n) is 4.49. The fraction of sp³-hybridized carbons (Fsp3) is 0. The Morgan fingerprint density at radius 2 is 1.62 bits per heavy atom. The van der Waals surface area contributed by atoms with Crippen molar-refractivity contribution in [3.8, 4) is 0 Å². The normalized spacial score (nSPS) is 10.8. The SMILES string of the molecule is O=C(c1cnc2ccccc2c1)c1c(F)cc(F)cc1F. The molecule has 2 nitrogen and oxygen atoms in total. The van der Waals surface area contributed by atoms with Crippen LogP contribution in [0.3, 0.4) is 0 Å². The third kappa shape index (κ3) is 2.38. The second kappa shape index (κ2) is 5.01. The van der Waals surface area contributed by atoms with E-state index in [0.717, 1.165) is 0 Å². The van der Waals surface area contributed by atoms with E-state index in [0.29, 0.717) is 23.0 Å². The van der Waals surface area contributed by atoms with E-state index in [4.69, 9.17) is 0 Å². The molecule has 0 unspecified atom stereocenters. The molecule has 5 heteroatoms. The highest BCUT2D eigenvalue weighted by Crippen LogP contribution is 2.20. The van der Waals surface area contributed by atoms with Crippen molar-refractivity contribution in [1.29, 1.82) is 0 Å². The van der Waals surface area contributed by atoms with Crippen molar-refractivity contribution in [2.24, 2.45) is 0 Å². The van der Waals surface area contributed by atoms with Gasteiger partial charge < -0.3 is 0 Å². The molecule has 0 amide bonds. The highest BCUT2D eigenvalue weighted by atomic mass is 19.1. The van der Waals surface area contributed by atoms with Gasteiger partial charge in [0.05, 0.1) is 11.1 Å². The Kier molecular flexibility index (Phi) is 3.17. The van der Waals surface area contributed by atoms with Crippen molar-refractivity contribution in [1.82, 2.24) is 4.98 Å². The predicted molar refractivity (Wildman–Crippen MR) is 71.5 cm³/mol. The van der Waals surface area contributed by atoms with Crippen molar-refractivity contribution < 1.29 is 18.0 Å². The maximum atomic E-state index is 13.6. The molecule has 3 aromatic rings. The van der Waals surface area contributed by atoms with Gasteiger partial charge in [-0.3, -0.25) is 9.78 Å². The molecule has 0 bridgehead atoms. The van der Waals surface area contributed by atoms with Crippen LogP contribution in [0.5, 0.6) is 0 Å². The van der Waals surface area contributed by atoms with Crippen LogP contribution >= 0.6 is 0 Å². The molecule has 0 aliphatic rings. The van der Waals surface area contributed by atoms with E-state index in [1.165, 1.54) is 12.3 Å². The molecule has 0 radical (unpaired) electrons. The van der Waals surface area contributed by atoms with E-state index in [1.54, 1.807) is 24.3 Å². The van der Waals surface area contributed by atoms with Crippen LogP contribution in [-0.4, -0.2) is 10.8 Å². The standard InChI is InChI=1S/C16H8F3NO/c17-11-6-12(18)15(13(19)7-11)16(21)10-5-9-3-1-2-4-14(9)20-8-10/h1-8H. The summed E-state index contributed by atoms with van der Waals surface area (Å²) < 4.78 is 40.2. The first-order valence-electron chi connectivity index (χ1n) is 6.10. The maximum absolute atomic E-state index is 13.6. The molecular formula is C16H8F3NO. The summed E-state index contributed by atoms with van der Waals surface area (Å²) in [5.41, 5.74) is -0.0827. The lowest BCUT2D eigenvalue weighted by molar-refractivity contribution is 0.103. The summed E-state index contributed by atoms with van der Waals surface area (Å²) in [7, 11) is 0. The van der Waals surface area contributed by atoms with Gasteiger partial charge >= 0.3 is 0 Å². The molecule has 2 aromatic carbocycles. The van der Waals surface area contributed by atoms with Crippen LogP contribution < -0.4 is 0 Å². The minimum atomic E-state index is -1.23. The average molecular weight is 287 g/mol. The second-order valence-corrected chi connectivity index (χ2v) is 4.49. The number of halogens is 3. The van der Waals surface area contributed by atoms with Gasteiger partial charge in [-0.2, -0.15) is 0 Å². The van der Waals surface area contributed by atoms with Crippen LogP contribution in [0.15, 0.2) is 48.7 Å². The molecule has 0 spiro atoms. The maximum Gasteiger partial charge on any atom is 0.200 e. The molecule has 0 aliphatic heterocycles. The fourth-order valence-electron chi connectivity index (χ4n) is 2.10. The Balaban J connectivity index is 2.12. The van der Waals surface area contributed by atoms with Crippen LogP contribution in [0.2, 0.25) is 0 Å². The zero-order valence-electron chi connectivity index (χ0n) is 10.6. The van der Waals surface area contributed by atoms with E-state index in [-0.39, 0.29) is 5.56 Å². The van der Waals surface area contributed by atoms with Gasteiger partial charge in [0.25, 0.3) is 0 Å². The zero-order chi connectivity index (χ0) is 15.0. The number of aromatic nitrogens is 1. The number of fused-ring (bicyclic) bond motifs is 1. The topological polar surface area (TPSA) is 30.0 Å². The summed E-state index contributed by atoms with van der Waals surface area (Å²) in [5.74, 6) is -4.40. The molecule has 0 aliphatic carbocycles. The highest BCUT2D eigenvalue weighted by Gasteiger charge is 2.20. The van der Waals surface area contributed by atoms with Gasteiger partial charge in [0.1, 0.15) is 17.5 Å². The van der Waals surface area contributed by atoms with Gasteiger partial charge in [-0.25, -0.2) is 13.2 Å². The van der Waals surface area contributed by atoms with Gasteiger partial charge in [-0.1, -0.05) is 18.2 Å². The third-order valence-electron chi connectivity index (χ3n) is 3.09. The van der Waals surface area contributed by atoms with Gasteiger partial charge in [0.2, 0.25) is 5.78 Å². The predicted octanol–water partition coefficient (Wildman–Crippen LogP) is 3.88. The number of hydrogen-bond acceptors (Lipinski definition) is 2. The molecule has 3 rings (SSSR count). The fourth-order valence-corrected chi connectivity index (χ4v) is 2.10. The summed E-state index contributed by atoms with van der Waals surface area (Å²) in [4.78, 5) is 16.3. The van der Waals surface area contributed by atoms with Crippen molar-refractivity contribution in [3.63, 3.8) is 0 Å². The Morgan fingerprint density at radius 1 is 0.952 bits per heavy atom. The number of carbonyl (C=O) groups excluding carboxylic acids is 1. The average Bonchev–Trinajstić information content (AvgIpc) is 2.45. The van der Waals surface area contributed by atoms with Crippen molar-refractivity contribution in [3.05, 3.63) is 77.2 Å². The molecule has 0 atom stereocenters. The summed E-state index contributed by atoms with van der Waals surface area (Å²) >= 11 is 0. The molecule has 0 saturated carbocycles. The number of nitrogens with zero attached hydrogens (tertiary/aromatic N) is 1. The summed E-state index contributed by atoms with van der Waals surface area (Å²) in [6.07, 6.45) is 1.24. The van der Waals surface area contributed by atoms with Gasteiger partial charge in [0, 0.05) is 29.3 Å². The first-order valence-corrected chi connectivity index (χ1v) is 6.10. The monoisotopic (exact) mass is 287 g/mol. The van der Waals surface area contributed by atoms with E-state index < -0.39 is 28.8 Å². The van der Waals surface area contributed by atoms with Gasteiger partial charge in [-0.15, -0.1) is 0 Å². The first-order chi connectivity index (χ1) is 10.1. The van der Waals surface area contributed by atoms with Gasteiger partial charge in [0.15, 0.2) is 0 Å². The molecule has 0 fully saturated rings. The van der Waals surface area contributed by atoms with Crippen LogP contribution in [0.4, 0.5) is 13.2 Å². The van der Waals surface area contributed by atoms with E-state index in [2.05, 4.69) is 4.98 Å². The highest BCUT2D eigenvalue weighted by molar-refractivity contribution is 6.10. The van der Waals surface area contributed by atoms with Crippen LogP contribution in [0.25, 0.3) is 10.9 Å². The van der Waals surface area contributed by atoms with Crippen LogP contribution in [-0.2, 0) is 0 Å². The lowest BCUT2D eigenvalue weighted by Crippen LogP contribution is -2.08. The van der Waals surface area contributed by atoms with Gasteiger partial charge in [-0.05, 0) is 12.1 Å². The minimum absolute atomic E-state index is 0.0399. The minimum Gasteiger partial charge on any atom is -0.288 e. The van der Waals surface area contributed by atoms with Crippen molar-refractivity contribution in [2.45, 2.75) is 0 Å². The Morgan fingerprint density at radius 3 is 2.33 bits per heavy atom. The third-order valence-corrected chi connectivity index (χ3v) is 3.09. The number of ketones is 1. The molecule has 104 valence electrons. The Labute approximate surface area is 117 Å². The largest absolute Gasteiger partial charge is 0.288 e. The molecule has 1 aromatic heterocycles. The molecular weight excluding hydrogens is 279 g/mol. The number of para-hydroxylation sites is 1. The number of carbonyl (C=O) groups is 1. The van der Waals surface area contributed by atoms with Crippen LogP contribution in [0.1, 0.15) is 15.9 Å². The van der Waals surface area contributed by atoms with Crippen LogP contribution in [0, 0.1) is 17.5 Å². The lowest BCUT2D eigenvalue weighted by Gasteiger charge is -2.05. The quantitative estimate of drug-likeness (QED) is 0.669. The van der Waals surface area contributed by atoms with Crippen molar-refractivity contribution >= 4 is 16.7 Å². The Hall–Kier alpha value is -2.69. The van der Waals surface area contributed by atoms with Crippen molar-refractivity contribution in [2.75, 3.05) is 0 Å². The zero-order valence-corrected chi connectivity index (χ0v) is 10.6. The first kappa shape index (κ1) is 13.3. The number of hydrogen-bond donors (Lipinski definition) is 0. The van der Waals surface area contributed by atoms with E-state index >= 15 is 0 Å². The summed E-state index contributed by atoms with van der Waals surface area (Å²) in [6.45, 7) is 0. The summed E-state index contributed by atoms with van der Waals surface area (Å²) in [6, 6.07) is 9.48. The number of rotatable bonds is 2. The molecule has 0 N–H and O–H groups in total. The number of benzene rings is 2. The molecule has 21 heavy (non-hydrogen) atoms. The lowest BCUT2D eigenvalue weighted by atomic mass is 10.0. The summed E-state index contributed by atoms with van der Waals surface area (Å²) in [5, 5.41) is 0.672. The molecule has 1 heterocycles.